The molecular formula is C35H40N4O10. The minimum Gasteiger partial charge on any atom is -0.480 e. The van der Waals surface area contributed by atoms with Crippen molar-refractivity contribution < 1.29 is 48.1 Å². The van der Waals surface area contributed by atoms with Gasteiger partial charge >= 0.3 is 24.1 Å². The monoisotopic (exact) mass is 676 g/mol. The highest BCUT2D eigenvalue weighted by molar-refractivity contribution is 5.86. The van der Waals surface area contributed by atoms with Crippen molar-refractivity contribution in [2.24, 2.45) is 0 Å². The van der Waals surface area contributed by atoms with Gasteiger partial charge in [0.1, 0.15) is 37.1 Å². The Balaban J connectivity index is 1.34. The van der Waals surface area contributed by atoms with E-state index in [4.69, 9.17) is 14.2 Å². The standard InChI is InChI=1S/C35H40N4O10/c1-23(37-34(45)47-21-26-10-5-3-6-11-26)31(41)36-19-9-14-30(40)39-29(32(42)43)20-25-15-17-28(18-16-25)49-33(44)24(2)38-35(46)48-22-27-12-7-4-8-13-27/h3-8,10-13,15-18,23-24,29H,9,14,19-22H2,1-2H3,(H,36,41)(H,37,45)(H,38,46)(H,39,40)(H,42,43)/t23-,24-,29-/m0/s1. The first-order valence-electron chi connectivity index (χ1n) is 15.5. The van der Waals surface area contributed by atoms with E-state index in [1.165, 1.54) is 26.0 Å². The van der Waals surface area contributed by atoms with E-state index in [9.17, 15) is 33.9 Å². The fraction of sp³-hybridized carbons (Fsp3) is 0.314. The molecule has 5 N–H and O–H groups in total. The van der Waals surface area contributed by atoms with Crippen LogP contribution in [0.4, 0.5) is 9.59 Å². The summed E-state index contributed by atoms with van der Waals surface area (Å²) < 4.78 is 15.5. The Morgan fingerprint density at radius 3 is 1.73 bits per heavy atom. The summed E-state index contributed by atoms with van der Waals surface area (Å²) in [5, 5.41) is 19.6. The molecule has 3 rings (SSSR count). The van der Waals surface area contributed by atoms with Gasteiger partial charge in [0.25, 0.3) is 0 Å². The number of carboxylic acids is 1. The second-order valence-electron chi connectivity index (χ2n) is 11.0. The predicted octanol–water partition coefficient (Wildman–Crippen LogP) is 3.23. The Morgan fingerprint density at radius 1 is 0.673 bits per heavy atom. The van der Waals surface area contributed by atoms with Crippen LogP contribution in [0.1, 0.15) is 43.4 Å². The molecule has 0 saturated heterocycles. The summed E-state index contributed by atoms with van der Waals surface area (Å²) in [5.41, 5.74) is 2.15. The number of ether oxygens (including phenoxy) is 3. The average Bonchev–Trinajstić information content (AvgIpc) is 3.09. The normalized spacial score (nSPS) is 12.3. The summed E-state index contributed by atoms with van der Waals surface area (Å²) in [4.78, 5) is 72.9. The molecule has 4 amide bonds. The fourth-order valence-corrected chi connectivity index (χ4v) is 4.22. The molecule has 0 unspecified atom stereocenters. The third-order valence-corrected chi connectivity index (χ3v) is 6.94. The van der Waals surface area contributed by atoms with Crippen LogP contribution in [0.3, 0.4) is 0 Å². The molecule has 14 nitrogen and oxygen atoms in total. The van der Waals surface area contributed by atoms with Crippen molar-refractivity contribution in [1.82, 2.24) is 21.3 Å². The molecule has 0 fully saturated rings. The van der Waals surface area contributed by atoms with Gasteiger partial charge in [-0.05, 0) is 49.1 Å². The minimum atomic E-state index is -1.24. The highest BCUT2D eigenvalue weighted by Gasteiger charge is 2.22. The third kappa shape index (κ3) is 14.2. The van der Waals surface area contributed by atoms with Gasteiger partial charge in [0.15, 0.2) is 0 Å². The Hall–Kier alpha value is -5.92. The zero-order chi connectivity index (χ0) is 35.6. The number of amides is 4. The van der Waals surface area contributed by atoms with Crippen LogP contribution < -0.4 is 26.0 Å². The Kier molecular flexibility index (Phi) is 15.1. The van der Waals surface area contributed by atoms with Gasteiger partial charge in [-0.15, -0.1) is 0 Å². The van der Waals surface area contributed by atoms with Gasteiger partial charge in [-0.25, -0.2) is 19.2 Å². The van der Waals surface area contributed by atoms with Gasteiger partial charge in [-0.3, -0.25) is 9.59 Å². The number of hydrogen-bond donors (Lipinski definition) is 5. The quantitative estimate of drug-likeness (QED) is 0.0804. The number of carbonyl (C=O) groups excluding carboxylic acids is 5. The summed E-state index contributed by atoms with van der Waals surface area (Å²) in [5.74, 6) is -2.79. The van der Waals surface area contributed by atoms with Crippen molar-refractivity contribution in [3.63, 3.8) is 0 Å². The van der Waals surface area contributed by atoms with Crippen LogP contribution in [0, 0.1) is 0 Å². The SMILES string of the molecule is C[C@H](NC(=O)OCc1ccccc1)C(=O)NCCCC(=O)N[C@@H](Cc1ccc(OC(=O)[C@H](C)NC(=O)OCc2ccccc2)cc1)C(=O)O. The molecule has 0 aliphatic carbocycles. The van der Waals surface area contributed by atoms with Gasteiger partial charge in [0.2, 0.25) is 11.8 Å². The fourth-order valence-electron chi connectivity index (χ4n) is 4.22. The van der Waals surface area contributed by atoms with Crippen molar-refractivity contribution in [3.8, 4) is 5.75 Å². The van der Waals surface area contributed by atoms with E-state index < -0.39 is 54.1 Å². The summed E-state index contributed by atoms with van der Waals surface area (Å²) in [6.07, 6.45) is -1.39. The zero-order valence-corrected chi connectivity index (χ0v) is 27.2. The number of rotatable bonds is 17. The predicted molar refractivity (Wildman–Crippen MR) is 176 cm³/mol. The molecule has 0 heterocycles. The first kappa shape index (κ1) is 37.5. The maximum Gasteiger partial charge on any atom is 0.408 e. The van der Waals surface area contributed by atoms with E-state index in [1.54, 1.807) is 36.4 Å². The number of aliphatic carboxylic acids is 1. The summed E-state index contributed by atoms with van der Waals surface area (Å²) in [6.45, 7) is 3.16. The van der Waals surface area contributed by atoms with E-state index in [0.29, 0.717) is 5.56 Å². The molecule has 0 aliphatic heterocycles. The molecule has 0 spiro atoms. The molecule has 0 radical (unpaired) electrons. The first-order valence-corrected chi connectivity index (χ1v) is 15.5. The van der Waals surface area contributed by atoms with Crippen LogP contribution in [0.15, 0.2) is 84.9 Å². The molecule has 0 bridgehead atoms. The largest absolute Gasteiger partial charge is 0.480 e. The van der Waals surface area contributed by atoms with Crippen molar-refractivity contribution in [2.45, 2.75) is 64.4 Å². The molecule has 0 saturated carbocycles. The van der Waals surface area contributed by atoms with E-state index in [2.05, 4.69) is 21.3 Å². The lowest BCUT2D eigenvalue weighted by molar-refractivity contribution is -0.141. The molecule has 14 heteroatoms. The average molecular weight is 677 g/mol. The van der Waals surface area contributed by atoms with Crippen LogP contribution >= 0.6 is 0 Å². The number of alkyl carbamates (subject to hydrolysis) is 2. The number of carboxylic acid groups (broad SMARTS) is 1. The molecule has 0 aromatic heterocycles. The van der Waals surface area contributed by atoms with E-state index in [1.807, 2.05) is 36.4 Å². The highest BCUT2D eigenvalue weighted by atomic mass is 16.6. The van der Waals surface area contributed by atoms with Crippen molar-refractivity contribution in [3.05, 3.63) is 102 Å². The van der Waals surface area contributed by atoms with Crippen LogP contribution in [0.25, 0.3) is 0 Å². The lowest BCUT2D eigenvalue weighted by Gasteiger charge is -2.16. The Bertz CT molecular complexity index is 1550. The first-order chi connectivity index (χ1) is 23.5. The number of hydrogen-bond acceptors (Lipinski definition) is 9. The lowest BCUT2D eigenvalue weighted by Crippen LogP contribution is -2.45. The third-order valence-electron chi connectivity index (χ3n) is 6.94. The smallest absolute Gasteiger partial charge is 0.408 e. The van der Waals surface area contributed by atoms with Gasteiger partial charge < -0.3 is 40.6 Å². The van der Waals surface area contributed by atoms with Gasteiger partial charge in [0, 0.05) is 19.4 Å². The number of nitrogens with one attached hydrogen (secondary N) is 4. The molecule has 3 atom stereocenters. The molecule has 260 valence electrons. The minimum absolute atomic E-state index is 0.0409. The Labute approximate surface area is 283 Å². The molecular weight excluding hydrogens is 636 g/mol. The van der Waals surface area contributed by atoms with E-state index in [-0.39, 0.29) is 44.8 Å². The number of carbonyl (C=O) groups is 6. The van der Waals surface area contributed by atoms with Crippen LogP contribution in [-0.2, 0) is 48.3 Å². The molecule has 3 aromatic rings. The van der Waals surface area contributed by atoms with Gasteiger partial charge in [0.05, 0.1) is 0 Å². The molecule has 49 heavy (non-hydrogen) atoms. The summed E-state index contributed by atoms with van der Waals surface area (Å²) in [6, 6.07) is 21.1. The van der Waals surface area contributed by atoms with E-state index >= 15 is 0 Å². The van der Waals surface area contributed by atoms with Crippen LogP contribution in [0.2, 0.25) is 0 Å². The number of esters is 1. The zero-order valence-electron chi connectivity index (χ0n) is 27.2. The van der Waals surface area contributed by atoms with E-state index in [0.717, 1.165) is 11.1 Å². The second kappa shape index (κ2) is 19.7. The Morgan fingerprint density at radius 2 is 1.20 bits per heavy atom. The maximum absolute atomic E-state index is 12.4. The van der Waals surface area contributed by atoms with Crippen molar-refractivity contribution in [2.75, 3.05) is 6.54 Å². The summed E-state index contributed by atoms with van der Waals surface area (Å²) in [7, 11) is 0. The number of benzene rings is 3. The van der Waals surface area contributed by atoms with Crippen molar-refractivity contribution in [1.29, 1.82) is 0 Å². The van der Waals surface area contributed by atoms with Crippen LogP contribution in [0.5, 0.6) is 5.75 Å². The topological polar surface area (TPSA) is 198 Å². The lowest BCUT2D eigenvalue weighted by atomic mass is 10.1. The summed E-state index contributed by atoms with van der Waals surface area (Å²) >= 11 is 0. The second-order valence-corrected chi connectivity index (χ2v) is 11.0. The van der Waals surface area contributed by atoms with Gasteiger partial charge in [-0.2, -0.15) is 0 Å². The molecule has 3 aromatic carbocycles. The molecule has 0 aliphatic rings. The van der Waals surface area contributed by atoms with Crippen LogP contribution in [-0.4, -0.2) is 65.7 Å². The van der Waals surface area contributed by atoms with Crippen molar-refractivity contribution >= 4 is 35.9 Å². The maximum atomic E-state index is 12.4. The van der Waals surface area contributed by atoms with Gasteiger partial charge in [-0.1, -0.05) is 72.8 Å². The highest BCUT2D eigenvalue weighted by Crippen LogP contribution is 2.15.